The maximum absolute atomic E-state index is 5.95. The third-order valence-corrected chi connectivity index (χ3v) is 4.24. The van der Waals surface area contributed by atoms with Crippen molar-refractivity contribution in [3.05, 3.63) is 47.2 Å². The van der Waals surface area contributed by atoms with Crippen LogP contribution in [0.3, 0.4) is 0 Å². The highest BCUT2D eigenvalue weighted by Gasteiger charge is 2.40. The molecule has 1 aliphatic heterocycles. The minimum absolute atomic E-state index is 0.367. The van der Waals surface area contributed by atoms with E-state index in [1.54, 1.807) is 0 Å². The van der Waals surface area contributed by atoms with Crippen molar-refractivity contribution in [3.8, 4) is 0 Å². The topological polar surface area (TPSA) is 62.4 Å². The summed E-state index contributed by atoms with van der Waals surface area (Å²) in [5.74, 6) is 0.899. The summed E-state index contributed by atoms with van der Waals surface area (Å²) >= 11 is 0. The van der Waals surface area contributed by atoms with Crippen molar-refractivity contribution in [2.24, 2.45) is 10.7 Å². The fraction of sp³-hybridized carbons (Fsp3) is 0.400. The molecule has 100 valence electrons. The second-order valence-corrected chi connectivity index (χ2v) is 5.34. The highest BCUT2D eigenvalue weighted by molar-refractivity contribution is 5.82. The van der Waals surface area contributed by atoms with Gasteiger partial charge >= 0.3 is 0 Å². The molecule has 0 amide bonds. The summed E-state index contributed by atoms with van der Waals surface area (Å²) in [5, 5.41) is 6.57. The van der Waals surface area contributed by atoms with Crippen LogP contribution >= 0.6 is 0 Å². The van der Waals surface area contributed by atoms with Crippen molar-refractivity contribution in [1.29, 1.82) is 0 Å². The number of aliphatic imine (C=N–C) groups is 1. The fourth-order valence-corrected chi connectivity index (χ4v) is 3.15. The number of benzene rings is 1. The molecule has 0 radical (unpaired) electrons. The Bertz CT molecular complexity index is 547. The molecule has 1 heterocycles. The maximum atomic E-state index is 5.95. The smallest absolute Gasteiger partial charge is 0.195 e. The molecule has 1 aromatic rings. The molecule has 2 aliphatic rings. The van der Waals surface area contributed by atoms with Gasteiger partial charge in [-0.25, -0.2) is 4.99 Å². The van der Waals surface area contributed by atoms with Crippen molar-refractivity contribution >= 4 is 5.96 Å². The molecule has 4 heteroatoms. The SMILES string of the molecule is CNC1(C)N=C(N)NC2=C1CCC2c1ccccc1. The summed E-state index contributed by atoms with van der Waals surface area (Å²) in [6.07, 6.45) is 2.16. The van der Waals surface area contributed by atoms with E-state index in [2.05, 4.69) is 52.9 Å². The van der Waals surface area contributed by atoms with E-state index in [-0.39, 0.29) is 5.66 Å². The van der Waals surface area contributed by atoms with Crippen LogP contribution in [0.5, 0.6) is 0 Å². The number of rotatable bonds is 2. The third kappa shape index (κ3) is 1.92. The van der Waals surface area contributed by atoms with Crippen LogP contribution in [0.15, 0.2) is 46.6 Å². The van der Waals surface area contributed by atoms with Gasteiger partial charge in [0.25, 0.3) is 0 Å². The van der Waals surface area contributed by atoms with E-state index in [4.69, 9.17) is 5.73 Å². The van der Waals surface area contributed by atoms with Crippen LogP contribution < -0.4 is 16.4 Å². The number of guanidine groups is 1. The number of nitrogens with zero attached hydrogens (tertiary/aromatic N) is 1. The predicted molar refractivity (Wildman–Crippen MR) is 77.7 cm³/mol. The van der Waals surface area contributed by atoms with E-state index < -0.39 is 0 Å². The Morgan fingerprint density at radius 2 is 2.11 bits per heavy atom. The van der Waals surface area contributed by atoms with Gasteiger partial charge in [-0.05, 0) is 37.9 Å². The van der Waals surface area contributed by atoms with Crippen LogP contribution in [0, 0.1) is 0 Å². The quantitative estimate of drug-likeness (QED) is 0.754. The van der Waals surface area contributed by atoms with Crippen molar-refractivity contribution < 1.29 is 0 Å². The van der Waals surface area contributed by atoms with E-state index in [0.717, 1.165) is 12.8 Å². The van der Waals surface area contributed by atoms with Gasteiger partial charge < -0.3 is 11.1 Å². The van der Waals surface area contributed by atoms with Crippen LogP contribution in [0.25, 0.3) is 0 Å². The lowest BCUT2D eigenvalue weighted by molar-refractivity contribution is 0.452. The molecule has 3 rings (SSSR count). The van der Waals surface area contributed by atoms with Crippen LogP contribution in [0.2, 0.25) is 0 Å². The zero-order valence-electron chi connectivity index (χ0n) is 11.4. The lowest BCUT2D eigenvalue weighted by Gasteiger charge is -2.33. The van der Waals surface area contributed by atoms with Crippen LogP contribution in [-0.2, 0) is 0 Å². The molecule has 0 aromatic heterocycles. The van der Waals surface area contributed by atoms with Gasteiger partial charge in [-0.2, -0.15) is 0 Å². The lowest BCUT2D eigenvalue weighted by atomic mass is 9.94. The first-order chi connectivity index (χ1) is 9.14. The average Bonchev–Trinajstić information content (AvgIpc) is 2.84. The van der Waals surface area contributed by atoms with E-state index in [9.17, 15) is 0 Å². The molecule has 1 aromatic carbocycles. The first-order valence-electron chi connectivity index (χ1n) is 6.74. The van der Waals surface area contributed by atoms with E-state index in [0.29, 0.717) is 11.9 Å². The molecule has 0 fully saturated rings. The molecule has 4 N–H and O–H groups in total. The molecule has 0 saturated heterocycles. The molecule has 0 saturated carbocycles. The van der Waals surface area contributed by atoms with Crippen LogP contribution in [0.4, 0.5) is 0 Å². The Morgan fingerprint density at radius 3 is 2.79 bits per heavy atom. The first-order valence-corrected chi connectivity index (χ1v) is 6.74. The summed E-state index contributed by atoms with van der Waals surface area (Å²) in [7, 11) is 1.93. The van der Waals surface area contributed by atoms with Crippen LogP contribution in [-0.4, -0.2) is 18.7 Å². The molecule has 2 atom stereocenters. The molecule has 0 bridgehead atoms. The minimum Gasteiger partial charge on any atom is -0.370 e. The van der Waals surface area contributed by atoms with Gasteiger partial charge in [-0.3, -0.25) is 5.32 Å². The minimum atomic E-state index is -0.367. The number of hydrogen-bond donors (Lipinski definition) is 3. The summed E-state index contributed by atoms with van der Waals surface area (Å²) < 4.78 is 0. The molecule has 1 aliphatic carbocycles. The number of hydrogen-bond acceptors (Lipinski definition) is 4. The summed E-state index contributed by atoms with van der Waals surface area (Å²) in [6.45, 7) is 2.09. The summed E-state index contributed by atoms with van der Waals surface area (Å²) in [5.41, 5.74) is 9.48. The van der Waals surface area contributed by atoms with Crippen molar-refractivity contribution in [1.82, 2.24) is 10.6 Å². The van der Waals surface area contributed by atoms with Crippen LogP contribution in [0.1, 0.15) is 31.2 Å². The average molecular weight is 256 g/mol. The lowest BCUT2D eigenvalue weighted by Crippen LogP contribution is -2.49. The fourth-order valence-electron chi connectivity index (χ4n) is 3.15. The highest BCUT2D eigenvalue weighted by Crippen LogP contribution is 2.43. The second-order valence-electron chi connectivity index (χ2n) is 5.34. The molecule has 2 unspecified atom stereocenters. The van der Waals surface area contributed by atoms with Gasteiger partial charge in [0, 0.05) is 11.6 Å². The van der Waals surface area contributed by atoms with Crippen molar-refractivity contribution in [2.75, 3.05) is 7.05 Å². The molecule has 0 spiro atoms. The number of likely N-dealkylation sites (N-methyl/N-ethyl adjacent to an activating group) is 1. The summed E-state index contributed by atoms with van der Waals surface area (Å²) in [6, 6.07) is 10.6. The monoisotopic (exact) mass is 256 g/mol. The Balaban J connectivity index is 2.02. The zero-order chi connectivity index (χ0) is 13.5. The van der Waals surface area contributed by atoms with Gasteiger partial charge in [0.2, 0.25) is 0 Å². The number of nitrogens with one attached hydrogen (secondary N) is 2. The molecule has 19 heavy (non-hydrogen) atoms. The Labute approximate surface area is 113 Å². The Morgan fingerprint density at radius 1 is 1.37 bits per heavy atom. The zero-order valence-corrected chi connectivity index (χ0v) is 11.4. The molecular formula is C15H20N4. The highest BCUT2D eigenvalue weighted by atomic mass is 15.2. The third-order valence-electron chi connectivity index (χ3n) is 4.24. The van der Waals surface area contributed by atoms with Crippen molar-refractivity contribution in [2.45, 2.75) is 31.3 Å². The van der Waals surface area contributed by atoms with Gasteiger partial charge in [0.15, 0.2) is 5.96 Å². The standard InChI is InChI=1S/C15H20N4/c1-15(17-2)12-9-8-11(10-6-4-3-5-7-10)13(12)18-14(16)19-15/h3-7,11,17H,8-9H2,1-2H3,(H3,16,18,19). The van der Waals surface area contributed by atoms with E-state index in [1.807, 2.05) is 7.05 Å². The van der Waals surface area contributed by atoms with Crippen molar-refractivity contribution in [3.63, 3.8) is 0 Å². The van der Waals surface area contributed by atoms with Gasteiger partial charge in [0.05, 0.1) is 0 Å². The van der Waals surface area contributed by atoms with Gasteiger partial charge in [0.1, 0.15) is 5.66 Å². The van der Waals surface area contributed by atoms with Gasteiger partial charge in [-0.1, -0.05) is 30.3 Å². The van der Waals surface area contributed by atoms with E-state index >= 15 is 0 Å². The second kappa shape index (κ2) is 4.38. The first kappa shape index (κ1) is 12.2. The maximum Gasteiger partial charge on any atom is 0.195 e. The Hall–Kier alpha value is -1.81. The molecular weight excluding hydrogens is 236 g/mol. The Kier molecular flexibility index (Phi) is 2.82. The predicted octanol–water partition coefficient (Wildman–Crippen LogP) is 1.67. The molecule has 4 nitrogen and oxygen atoms in total. The number of nitrogens with two attached hydrogens (primary N) is 1. The summed E-state index contributed by atoms with van der Waals surface area (Å²) in [4.78, 5) is 4.52. The van der Waals surface area contributed by atoms with Gasteiger partial charge in [-0.15, -0.1) is 0 Å². The normalized spacial score (nSPS) is 29.8. The largest absolute Gasteiger partial charge is 0.370 e. The van der Waals surface area contributed by atoms with E-state index in [1.165, 1.54) is 16.8 Å². The number of allylic oxidation sites excluding steroid dienone is 1.